The average molecular weight is 649 g/mol. The Labute approximate surface area is 278 Å². The Bertz CT molecular complexity index is 1800. The Balaban J connectivity index is 1.23. The van der Waals surface area contributed by atoms with E-state index in [-0.39, 0.29) is 22.8 Å². The summed E-state index contributed by atoms with van der Waals surface area (Å²) >= 11 is 2.86. The minimum absolute atomic E-state index is 0.0956. The lowest BCUT2D eigenvalue weighted by atomic mass is 9.72. The first kappa shape index (κ1) is 32.7. The van der Waals surface area contributed by atoms with Gasteiger partial charge in [-0.15, -0.1) is 23.1 Å². The van der Waals surface area contributed by atoms with Crippen molar-refractivity contribution in [2.45, 2.75) is 44.9 Å². The van der Waals surface area contributed by atoms with Crippen molar-refractivity contribution >= 4 is 57.6 Å². The van der Waals surface area contributed by atoms with Crippen molar-refractivity contribution in [3.8, 4) is 6.07 Å². The Morgan fingerprint density at radius 2 is 1.70 bits per heavy atom. The molecule has 9 heteroatoms. The number of fused-ring (bicyclic) bond motifs is 1. The smallest absolute Gasteiger partial charge is 0.272 e. The van der Waals surface area contributed by atoms with Crippen LogP contribution in [0.4, 0.5) is 10.7 Å². The summed E-state index contributed by atoms with van der Waals surface area (Å²) in [6.45, 7) is 6.77. The number of nitrogens with one attached hydrogen (secondary N) is 3. The van der Waals surface area contributed by atoms with Crippen LogP contribution in [0.1, 0.15) is 59.1 Å². The number of thiophene rings is 1. The van der Waals surface area contributed by atoms with Crippen molar-refractivity contribution < 1.29 is 14.4 Å². The molecule has 3 aromatic carbocycles. The number of benzene rings is 3. The van der Waals surface area contributed by atoms with Crippen LogP contribution in [0.5, 0.6) is 0 Å². The molecule has 234 valence electrons. The van der Waals surface area contributed by atoms with Crippen LogP contribution >= 0.6 is 23.1 Å². The molecular formula is C37H36N4O3S2. The van der Waals surface area contributed by atoms with Gasteiger partial charge in [-0.2, -0.15) is 5.26 Å². The van der Waals surface area contributed by atoms with Gasteiger partial charge in [-0.25, -0.2) is 0 Å². The first-order chi connectivity index (χ1) is 22.1. The Morgan fingerprint density at radius 3 is 2.39 bits per heavy atom. The van der Waals surface area contributed by atoms with E-state index >= 15 is 0 Å². The number of hydrogen-bond acceptors (Lipinski definition) is 6. The van der Waals surface area contributed by atoms with Crippen molar-refractivity contribution in [3.63, 3.8) is 0 Å². The second-order valence-corrected chi connectivity index (χ2v) is 14.4. The third kappa shape index (κ3) is 8.33. The zero-order chi connectivity index (χ0) is 32.7. The molecule has 0 spiro atoms. The molecule has 1 aromatic heterocycles. The zero-order valence-electron chi connectivity index (χ0n) is 26.1. The highest BCUT2D eigenvalue weighted by molar-refractivity contribution is 8.00. The van der Waals surface area contributed by atoms with Crippen LogP contribution < -0.4 is 16.0 Å². The fourth-order valence-electron chi connectivity index (χ4n) is 5.36. The first-order valence-corrected chi connectivity index (χ1v) is 16.9. The largest absolute Gasteiger partial charge is 0.321 e. The maximum Gasteiger partial charge on any atom is 0.272 e. The van der Waals surface area contributed by atoms with Gasteiger partial charge in [0.2, 0.25) is 5.91 Å². The summed E-state index contributed by atoms with van der Waals surface area (Å²) in [7, 11) is 0. The number of nitriles is 1. The number of rotatable bonds is 9. The van der Waals surface area contributed by atoms with Gasteiger partial charge >= 0.3 is 0 Å². The number of thioether (sulfide) groups is 1. The van der Waals surface area contributed by atoms with Gasteiger partial charge < -0.3 is 16.0 Å². The van der Waals surface area contributed by atoms with E-state index in [2.05, 4.69) is 42.8 Å². The third-order valence-electron chi connectivity index (χ3n) is 7.96. The molecule has 0 fully saturated rings. The molecule has 46 heavy (non-hydrogen) atoms. The maximum absolute atomic E-state index is 13.4. The summed E-state index contributed by atoms with van der Waals surface area (Å²) in [6.07, 6.45) is 4.46. The minimum atomic E-state index is -0.479. The van der Waals surface area contributed by atoms with Crippen molar-refractivity contribution in [2.75, 3.05) is 16.4 Å². The van der Waals surface area contributed by atoms with Crippen molar-refractivity contribution in [3.05, 3.63) is 118 Å². The van der Waals surface area contributed by atoms with E-state index in [9.17, 15) is 19.6 Å². The number of carbonyl (C=O) groups is 3. The fraction of sp³-hybridized carbons (Fsp3) is 0.243. The lowest BCUT2D eigenvalue weighted by Gasteiger charge is -2.33. The third-order valence-corrected chi connectivity index (χ3v) is 10.1. The Morgan fingerprint density at radius 1 is 0.978 bits per heavy atom. The predicted molar refractivity (Wildman–Crippen MR) is 187 cm³/mol. The van der Waals surface area contributed by atoms with Crippen LogP contribution in [0, 0.1) is 22.7 Å². The van der Waals surface area contributed by atoms with Crippen LogP contribution in [-0.4, -0.2) is 23.5 Å². The van der Waals surface area contributed by atoms with Crippen LogP contribution in [0.3, 0.4) is 0 Å². The van der Waals surface area contributed by atoms with Gasteiger partial charge in [0, 0.05) is 21.0 Å². The maximum atomic E-state index is 13.4. The van der Waals surface area contributed by atoms with Gasteiger partial charge in [0.1, 0.15) is 16.8 Å². The molecule has 3 amide bonds. The zero-order valence-corrected chi connectivity index (χ0v) is 27.7. The van der Waals surface area contributed by atoms with E-state index in [1.54, 1.807) is 48.5 Å². The Kier molecular flexibility index (Phi) is 10.4. The van der Waals surface area contributed by atoms with Crippen molar-refractivity contribution in [2.24, 2.45) is 11.3 Å². The van der Waals surface area contributed by atoms with Crippen LogP contribution in [0.15, 0.2) is 95.5 Å². The van der Waals surface area contributed by atoms with Crippen molar-refractivity contribution in [1.82, 2.24) is 5.32 Å². The molecule has 1 atom stereocenters. The van der Waals surface area contributed by atoms with E-state index < -0.39 is 11.8 Å². The van der Waals surface area contributed by atoms with E-state index in [1.807, 2.05) is 42.5 Å². The molecule has 0 aliphatic heterocycles. The molecule has 0 saturated carbocycles. The standard InChI is InChI=1S/C37H36N4O3S2/c1-37(2,3)26-17-18-29-30(22-38)36(46-32(29)20-26)41-33(42)23-45-28-16-10-15-27(21-28)39-35(44)31(19-24-11-6-4-7-12-24)40-34(43)25-13-8-5-9-14-25/h4-16,19,21,26H,17-18,20,23H2,1-3H3,(H,39,44)(H,40,43)(H,41,42)/b31-19-. The summed E-state index contributed by atoms with van der Waals surface area (Å²) in [6, 6.07) is 27.5. The minimum Gasteiger partial charge on any atom is -0.321 e. The highest BCUT2D eigenvalue weighted by atomic mass is 32.2. The first-order valence-electron chi connectivity index (χ1n) is 15.1. The van der Waals surface area contributed by atoms with E-state index in [0.717, 1.165) is 35.3 Å². The molecule has 1 heterocycles. The molecule has 1 unspecified atom stereocenters. The summed E-state index contributed by atoms with van der Waals surface area (Å²) in [5.74, 6) is -0.386. The van der Waals surface area contributed by atoms with Crippen molar-refractivity contribution in [1.29, 1.82) is 5.26 Å². The fourth-order valence-corrected chi connectivity index (χ4v) is 7.41. The molecule has 0 saturated heterocycles. The van der Waals surface area contributed by atoms with Crippen LogP contribution in [-0.2, 0) is 22.4 Å². The number of hydrogen-bond donors (Lipinski definition) is 3. The van der Waals surface area contributed by atoms with Gasteiger partial charge in [0.05, 0.1) is 11.3 Å². The molecule has 5 rings (SSSR count). The summed E-state index contributed by atoms with van der Waals surface area (Å²) in [5, 5.41) is 19.1. The molecule has 3 N–H and O–H groups in total. The van der Waals surface area contributed by atoms with Gasteiger partial charge in [-0.1, -0.05) is 75.4 Å². The molecule has 7 nitrogen and oxygen atoms in total. The van der Waals surface area contributed by atoms with Crippen LogP contribution in [0.25, 0.3) is 6.08 Å². The second-order valence-electron chi connectivity index (χ2n) is 12.2. The topological polar surface area (TPSA) is 111 Å². The number of anilines is 2. The van der Waals surface area contributed by atoms with E-state index in [4.69, 9.17) is 0 Å². The van der Waals surface area contributed by atoms with Gasteiger partial charge in [0.25, 0.3) is 11.8 Å². The molecule has 0 radical (unpaired) electrons. The lowest BCUT2D eigenvalue weighted by Crippen LogP contribution is -2.30. The van der Waals surface area contributed by atoms with Gasteiger partial charge in [-0.3, -0.25) is 14.4 Å². The van der Waals surface area contributed by atoms with Gasteiger partial charge in [0.15, 0.2) is 0 Å². The number of nitrogens with zero attached hydrogens (tertiary/aromatic N) is 1. The highest BCUT2D eigenvalue weighted by Gasteiger charge is 2.32. The second kappa shape index (κ2) is 14.6. The molecule has 1 aliphatic carbocycles. The molecule has 0 bridgehead atoms. The number of carbonyl (C=O) groups excluding carboxylic acids is 3. The normalized spacial score (nSPS) is 14.5. The van der Waals surface area contributed by atoms with E-state index in [0.29, 0.717) is 27.7 Å². The Hall–Kier alpha value is -4.65. The summed E-state index contributed by atoms with van der Waals surface area (Å²) in [4.78, 5) is 41.3. The van der Waals surface area contributed by atoms with Crippen LogP contribution in [0.2, 0.25) is 0 Å². The lowest BCUT2D eigenvalue weighted by molar-refractivity contribution is -0.114. The average Bonchev–Trinajstić information content (AvgIpc) is 3.40. The SMILES string of the molecule is CC(C)(C)C1CCc2c(sc(NC(=O)CSc3cccc(NC(=O)/C(=C/c4ccccc4)NC(=O)c4ccccc4)c3)c2C#N)C1. The van der Waals surface area contributed by atoms with Gasteiger partial charge in [-0.05, 0) is 78.1 Å². The number of amides is 3. The summed E-state index contributed by atoms with van der Waals surface area (Å²) in [5.41, 5.74) is 3.68. The quantitative estimate of drug-likeness (QED) is 0.126. The highest BCUT2D eigenvalue weighted by Crippen LogP contribution is 2.44. The molecular weight excluding hydrogens is 613 g/mol. The molecule has 4 aromatic rings. The molecule has 1 aliphatic rings. The monoisotopic (exact) mass is 648 g/mol. The summed E-state index contributed by atoms with van der Waals surface area (Å²) < 4.78 is 0. The predicted octanol–water partition coefficient (Wildman–Crippen LogP) is 7.91. The van der Waals surface area contributed by atoms with E-state index in [1.165, 1.54) is 28.0 Å².